The minimum absolute atomic E-state index is 0.639. The quantitative estimate of drug-likeness (QED) is 0.414. The molecule has 3 heterocycles. The second-order valence-electron chi connectivity index (χ2n) is 7.84. The summed E-state index contributed by atoms with van der Waals surface area (Å²) < 4.78 is 2.21. The van der Waals surface area contributed by atoms with Gasteiger partial charge in [-0.15, -0.1) is 0 Å². The zero-order chi connectivity index (χ0) is 21.4. The lowest BCUT2D eigenvalue weighted by Crippen LogP contribution is -2.46. The number of nitrogens with zero attached hydrogens (tertiary/aromatic N) is 5. The number of aryl methyl sites for hydroxylation is 1. The normalized spacial score (nSPS) is 14.4. The molecule has 0 N–H and O–H groups in total. The number of halogens is 2. The number of rotatable bonds is 4. The van der Waals surface area contributed by atoms with E-state index in [1.807, 2.05) is 43.6 Å². The predicted octanol–water partition coefficient (Wildman–Crippen LogP) is 5.42. The molecule has 0 saturated carbocycles. The number of benzene rings is 2. The minimum atomic E-state index is 0.639. The molecule has 7 heteroatoms. The molecular weight excluding hydrogens is 429 g/mol. The van der Waals surface area contributed by atoms with Gasteiger partial charge < -0.3 is 14.4 Å². The third-order valence-corrected chi connectivity index (χ3v) is 6.52. The van der Waals surface area contributed by atoms with Crippen molar-refractivity contribution >= 4 is 45.6 Å². The summed E-state index contributed by atoms with van der Waals surface area (Å²) in [6, 6.07) is 16.2. The number of hydrogen-bond donors (Lipinski definition) is 0. The highest BCUT2D eigenvalue weighted by atomic mass is 35.5. The highest BCUT2D eigenvalue weighted by molar-refractivity contribution is 6.33. The third kappa shape index (κ3) is 4.08. The predicted molar refractivity (Wildman–Crippen MR) is 129 cm³/mol. The Kier molecular flexibility index (Phi) is 5.47. The van der Waals surface area contributed by atoms with Crippen LogP contribution in [0.1, 0.15) is 11.4 Å². The molecule has 0 bridgehead atoms. The van der Waals surface area contributed by atoms with Crippen LogP contribution in [0.2, 0.25) is 10.0 Å². The van der Waals surface area contributed by atoms with Gasteiger partial charge in [0.15, 0.2) is 0 Å². The molecule has 5 rings (SSSR count). The summed E-state index contributed by atoms with van der Waals surface area (Å²) in [5, 5.41) is 1.40. The fourth-order valence-corrected chi connectivity index (χ4v) is 4.60. The molecule has 0 spiro atoms. The highest BCUT2D eigenvalue weighted by Gasteiger charge is 2.19. The van der Waals surface area contributed by atoms with Gasteiger partial charge in [0, 0.05) is 48.1 Å². The molecule has 5 nitrogen and oxygen atoms in total. The van der Waals surface area contributed by atoms with Crippen LogP contribution < -0.4 is 9.80 Å². The SMILES string of the molecule is Cc1nc2ccc(N3CCN(c4cccnc4)CC3)cc2n1Cc1cc(Cl)ccc1Cl. The maximum Gasteiger partial charge on any atom is 0.107 e. The Morgan fingerprint density at radius 2 is 1.68 bits per heavy atom. The number of imidazole rings is 1. The van der Waals surface area contributed by atoms with Crippen molar-refractivity contribution in [1.82, 2.24) is 14.5 Å². The van der Waals surface area contributed by atoms with E-state index >= 15 is 0 Å². The molecule has 158 valence electrons. The van der Waals surface area contributed by atoms with Gasteiger partial charge in [0.05, 0.1) is 29.5 Å². The van der Waals surface area contributed by atoms with Crippen molar-refractivity contribution in [3.8, 4) is 0 Å². The van der Waals surface area contributed by atoms with Crippen molar-refractivity contribution in [2.75, 3.05) is 36.0 Å². The van der Waals surface area contributed by atoms with Gasteiger partial charge in [-0.05, 0) is 61.0 Å². The van der Waals surface area contributed by atoms with Crippen LogP contribution in [0.15, 0.2) is 60.9 Å². The Hall–Kier alpha value is -2.76. The van der Waals surface area contributed by atoms with Gasteiger partial charge in [-0.3, -0.25) is 4.98 Å². The number of aromatic nitrogens is 3. The third-order valence-electron chi connectivity index (χ3n) is 5.91. The molecule has 0 unspecified atom stereocenters. The smallest absolute Gasteiger partial charge is 0.107 e. The van der Waals surface area contributed by atoms with Crippen molar-refractivity contribution in [3.63, 3.8) is 0 Å². The number of fused-ring (bicyclic) bond motifs is 1. The lowest BCUT2D eigenvalue weighted by atomic mass is 10.2. The topological polar surface area (TPSA) is 37.2 Å². The molecular formula is C24H23Cl2N5. The zero-order valence-corrected chi connectivity index (χ0v) is 18.8. The first-order valence-corrected chi connectivity index (χ1v) is 11.1. The van der Waals surface area contributed by atoms with E-state index in [9.17, 15) is 0 Å². The molecule has 1 saturated heterocycles. The van der Waals surface area contributed by atoms with Gasteiger partial charge in [0.25, 0.3) is 0 Å². The van der Waals surface area contributed by atoms with Gasteiger partial charge >= 0.3 is 0 Å². The molecule has 2 aromatic heterocycles. The monoisotopic (exact) mass is 451 g/mol. The number of piperazine rings is 1. The summed E-state index contributed by atoms with van der Waals surface area (Å²) in [7, 11) is 0. The standard InChI is InChI=1S/C24H23Cl2N5/c1-17-28-23-7-5-20(29-9-11-30(12-10-29)21-3-2-8-27-15-21)14-24(23)31(17)16-18-13-19(25)4-6-22(18)26/h2-8,13-15H,9-12,16H2,1H3. The molecule has 4 aromatic rings. The molecule has 0 radical (unpaired) electrons. The maximum absolute atomic E-state index is 6.42. The maximum atomic E-state index is 6.42. The Balaban J connectivity index is 1.40. The van der Waals surface area contributed by atoms with Gasteiger partial charge in [0.2, 0.25) is 0 Å². The van der Waals surface area contributed by atoms with E-state index in [-0.39, 0.29) is 0 Å². The summed E-state index contributed by atoms with van der Waals surface area (Å²) in [6.07, 6.45) is 3.75. The summed E-state index contributed by atoms with van der Waals surface area (Å²) in [5.41, 5.74) is 5.50. The van der Waals surface area contributed by atoms with Crippen molar-refractivity contribution in [1.29, 1.82) is 0 Å². The molecule has 2 aromatic carbocycles. The van der Waals surface area contributed by atoms with Crippen LogP contribution in [-0.4, -0.2) is 40.7 Å². The second kappa shape index (κ2) is 8.40. The largest absolute Gasteiger partial charge is 0.368 e. The Morgan fingerprint density at radius 3 is 2.42 bits per heavy atom. The zero-order valence-electron chi connectivity index (χ0n) is 17.3. The van der Waals surface area contributed by atoms with Crippen molar-refractivity contribution in [2.45, 2.75) is 13.5 Å². The van der Waals surface area contributed by atoms with Gasteiger partial charge in [-0.2, -0.15) is 0 Å². The molecule has 0 atom stereocenters. The molecule has 1 fully saturated rings. The van der Waals surface area contributed by atoms with Crippen LogP contribution in [-0.2, 0) is 6.54 Å². The van der Waals surface area contributed by atoms with E-state index in [0.717, 1.165) is 48.6 Å². The minimum Gasteiger partial charge on any atom is -0.368 e. The summed E-state index contributed by atoms with van der Waals surface area (Å²) in [6.45, 7) is 6.55. The Labute approximate surface area is 191 Å². The van der Waals surface area contributed by atoms with Crippen LogP contribution in [0.5, 0.6) is 0 Å². The molecule has 1 aliphatic heterocycles. The second-order valence-corrected chi connectivity index (χ2v) is 8.68. The molecule has 1 aliphatic rings. The first kappa shape index (κ1) is 20.2. The van der Waals surface area contributed by atoms with Crippen LogP contribution in [0.3, 0.4) is 0 Å². The Morgan fingerprint density at radius 1 is 0.903 bits per heavy atom. The lowest BCUT2D eigenvalue weighted by molar-refractivity contribution is 0.653. The average molecular weight is 452 g/mol. The summed E-state index contributed by atoms with van der Waals surface area (Å²) in [5.74, 6) is 0.963. The summed E-state index contributed by atoms with van der Waals surface area (Å²) >= 11 is 12.6. The van der Waals surface area contributed by atoms with E-state index in [4.69, 9.17) is 28.2 Å². The average Bonchev–Trinajstić information content (AvgIpc) is 3.11. The summed E-state index contributed by atoms with van der Waals surface area (Å²) in [4.78, 5) is 13.8. The fourth-order valence-electron chi connectivity index (χ4n) is 4.23. The van der Waals surface area contributed by atoms with Gasteiger partial charge in [0.1, 0.15) is 5.82 Å². The van der Waals surface area contributed by atoms with E-state index in [0.29, 0.717) is 16.6 Å². The van der Waals surface area contributed by atoms with Crippen molar-refractivity contribution in [2.24, 2.45) is 0 Å². The van der Waals surface area contributed by atoms with Crippen molar-refractivity contribution in [3.05, 3.63) is 82.4 Å². The van der Waals surface area contributed by atoms with E-state index in [1.54, 1.807) is 0 Å². The van der Waals surface area contributed by atoms with Gasteiger partial charge in [-0.25, -0.2) is 4.98 Å². The van der Waals surface area contributed by atoms with E-state index < -0.39 is 0 Å². The Bertz CT molecular complexity index is 1210. The van der Waals surface area contributed by atoms with Crippen molar-refractivity contribution < 1.29 is 0 Å². The first-order chi connectivity index (χ1) is 15.1. The molecule has 0 aliphatic carbocycles. The first-order valence-electron chi connectivity index (χ1n) is 10.4. The van der Waals surface area contributed by atoms with E-state index in [2.05, 4.69) is 43.6 Å². The number of anilines is 2. The number of hydrogen-bond acceptors (Lipinski definition) is 4. The lowest BCUT2D eigenvalue weighted by Gasteiger charge is -2.37. The highest BCUT2D eigenvalue weighted by Crippen LogP contribution is 2.28. The van der Waals surface area contributed by atoms with Crippen LogP contribution in [0, 0.1) is 6.92 Å². The fraction of sp³-hybridized carbons (Fsp3) is 0.250. The number of pyridine rings is 1. The van der Waals surface area contributed by atoms with E-state index in [1.165, 1.54) is 11.4 Å². The molecule has 0 amide bonds. The molecule has 31 heavy (non-hydrogen) atoms. The van der Waals surface area contributed by atoms with Gasteiger partial charge in [-0.1, -0.05) is 23.2 Å². The van der Waals surface area contributed by atoms with Crippen LogP contribution in [0.4, 0.5) is 11.4 Å². The van der Waals surface area contributed by atoms with Crippen LogP contribution in [0.25, 0.3) is 11.0 Å². The van der Waals surface area contributed by atoms with Crippen LogP contribution >= 0.6 is 23.2 Å².